The molecule has 0 heterocycles. The largest absolute Gasteiger partial charge is 0.469 e. The lowest BCUT2D eigenvalue weighted by molar-refractivity contribution is -0.141. The number of hydrogen-bond acceptors (Lipinski definition) is 4. The fourth-order valence-electron chi connectivity index (χ4n) is 2.58. The van der Waals surface area contributed by atoms with E-state index < -0.39 is 10.0 Å². The molecular weight excluding hydrogens is 326 g/mol. The van der Waals surface area contributed by atoms with Crippen LogP contribution in [0.15, 0.2) is 34.4 Å². The molecule has 24 heavy (non-hydrogen) atoms. The Bertz CT molecular complexity index is 669. The van der Waals surface area contributed by atoms with Gasteiger partial charge in [-0.2, -0.15) is 0 Å². The Morgan fingerprint density at radius 3 is 2.38 bits per heavy atom. The van der Waals surface area contributed by atoms with Crippen molar-refractivity contribution in [2.75, 3.05) is 13.7 Å². The SMILES string of the molecule is CCN(C(C)=C(C)C)S(=O)(=O)C1=CCC(C)(CCC(=O)OC)C=C1. The van der Waals surface area contributed by atoms with E-state index in [0.29, 0.717) is 30.7 Å². The minimum atomic E-state index is -3.55. The van der Waals surface area contributed by atoms with Crippen molar-refractivity contribution in [1.29, 1.82) is 0 Å². The van der Waals surface area contributed by atoms with Gasteiger partial charge >= 0.3 is 5.97 Å². The molecule has 0 radical (unpaired) electrons. The van der Waals surface area contributed by atoms with Crippen LogP contribution in [0.1, 0.15) is 53.9 Å². The molecule has 0 amide bonds. The van der Waals surface area contributed by atoms with Crippen LogP contribution in [0, 0.1) is 5.41 Å². The van der Waals surface area contributed by atoms with Crippen LogP contribution in [0.5, 0.6) is 0 Å². The number of nitrogens with zero attached hydrogens (tertiary/aromatic N) is 1. The number of hydrogen-bond donors (Lipinski definition) is 0. The minimum absolute atomic E-state index is 0.226. The molecule has 0 saturated heterocycles. The third kappa shape index (κ3) is 4.72. The average molecular weight is 356 g/mol. The van der Waals surface area contributed by atoms with Gasteiger partial charge in [0.25, 0.3) is 10.0 Å². The van der Waals surface area contributed by atoms with Gasteiger partial charge in [-0.05, 0) is 52.0 Å². The Balaban J connectivity index is 2.96. The Morgan fingerprint density at radius 2 is 1.96 bits per heavy atom. The highest BCUT2D eigenvalue weighted by Crippen LogP contribution is 2.36. The molecule has 0 N–H and O–H groups in total. The van der Waals surface area contributed by atoms with Crippen molar-refractivity contribution in [1.82, 2.24) is 4.31 Å². The summed E-state index contributed by atoms with van der Waals surface area (Å²) in [6.45, 7) is 9.88. The maximum Gasteiger partial charge on any atom is 0.305 e. The molecule has 0 aliphatic heterocycles. The third-order valence-electron chi connectivity index (χ3n) is 4.52. The van der Waals surface area contributed by atoms with Crippen LogP contribution in [0.25, 0.3) is 0 Å². The molecule has 1 aliphatic rings. The lowest BCUT2D eigenvalue weighted by Gasteiger charge is -2.30. The summed E-state index contributed by atoms with van der Waals surface area (Å²) in [6, 6.07) is 0. The first-order valence-electron chi connectivity index (χ1n) is 8.20. The van der Waals surface area contributed by atoms with Gasteiger partial charge in [0, 0.05) is 18.7 Å². The second-order valence-electron chi connectivity index (χ2n) is 6.63. The van der Waals surface area contributed by atoms with Crippen molar-refractivity contribution >= 4 is 16.0 Å². The highest BCUT2D eigenvalue weighted by Gasteiger charge is 2.30. The quantitative estimate of drug-likeness (QED) is 0.652. The van der Waals surface area contributed by atoms with Gasteiger partial charge in [0.1, 0.15) is 0 Å². The Hall–Kier alpha value is -1.56. The first-order valence-corrected chi connectivity index (χ1v) is 9.64. The zero-order chi connectivity index (χ0) is 18.5. The average Bonchev–Trinajstić information content (AvgIpc) is 2.53. The van der Waals surface area contributed by atoms with Crippen LogP contribution in [0.4, 0.5) is 0 Å². The van der Waals surface area contributed by atoms with E-state index in [-0.39, 0.29) is 11.4 Å². The van der Waals surface area contributed by atoms with E-state index in [0.717, 1.165) is 11.3 Å². The zero-order valence-electron chi connectivity index (χ0n) is 15.5. The number of esters is 1. The van der Waals surface area contributed by atoms with Crippen LogP contribution in [-0.2, 0) is 19.6 Å². The summed E-state index contributed by atoms with van der Waals surface area (Å²) < 4.78 is 31.9. The van der Waals surface area contributed by atoms with E-state index in [1.165, 1.54) is 11.4 Å². The van der Waals surface area contributed by atoms with Crippen molar-refractivity contribution < 1.29 is 17.9 Å². The molecule has 5 nitrogen and oxygen atoms in total. The molecule has 0 fully saturated rings. The van der Waals surface area contributed by atoms with E-state index in [2.05, 4.69) is 4.74 Å². The fraction of sp³-hybridized carbons (Fsp3) is 0.611. The molecule has 0 aromatic carbocycles. The molecular formula is C18H29NO4S. The van der Waals surface area contributed by atoms with Crippen LogP contribution in [0.3, 0.4) is 0 Å². The second kappa shape index (κ2) is 8.01. The van der Waals surface area contributed by atoms with E-state index in [4.69, 9.17) is 0 Å². The maximum atomic E-state index is 12.9. The van der Waals surface area contributed by atoms with Crippen molar-refractivity contribution in [3.05, 3.63) is 34.4 Å². The van der Waals surface area contributed by atoms with E-state index in [1.54, 1.807) is 12.2 Å². The van der Waals surface area contributed by atoms with Gasteiger partial charge in [-0.25, -0.2) is 8.42 Å². The summed E-state index contributed by atoms with van der Waals surface area (Å²) >= 11 is 0. The number of carbonyl (C=O) groups excluding carboxylic acids is 1. The lowest BCUT2D eigenvalue weighted by Crippen LogP contribution is -2.31. The van der Waals surface area contributed by atoms with Crippen LogP contribution >= 0.6 is 0 Å². The molecule has 0 aromatic rings. The number of allylic oxidation sites excluding steroid dienone is 5. The Labute approximate surface area is 146 Å². The predicted molar refractivity (Wildman–Crippen MR) is 96.5 cm³/mol. The lowest BCUT2D eigenvalue weighted by atomic mass is 9.80. The number of sulfonamides is 1. The second-order valence-corrected chi connectivity index (χ2v) is 8.49. The smallest absolute Gasteiger partial charge is 0.305 e. The summed E-state index contributed by atoms with van der Waals surface area (Å²) in [7, 11) is -2.17. The molecule has 0 aromatic heterocycles. The molecule has 0 spiro atoms. The van der Waals surface area contributed by atoms with Gasteiger partial charge in [0.2, 0.25) is 0 Å². The van der Waals surface area contributed by atoms with Gasteiger partial charge in [0.15, 0.2) is 0 Å². The Kier molecular flexibility index (Phi) is 6.84. The van der Waals surface area contributed by atoms with Crippen molar-refractivity contribution in [2.24, 2.45) is 5.41 Å². The molecule has 136 valence electrons. The predicted octanol–water partition coefficient (Wildman–Crippen LogP) is 3.76. The highest BCUT2D eigenvalue weighted by atomic mass is 32.2. The van der Waals surface area contributed by atoms with Gasteiger partial charge in [-0.3, -0.25) is 9.10 Å². The summed E-state index contributed by atoms with van der Waals surface area (Å²) in [6.07, 6.45) is 6.86. The van der Waals surface area contributed by atoms with Gasteiger partial charge < -0.3 is 4.74 Å². The number of ether oxygens (including phenoxy) is 1. The first-order chi connectivity index (χ1) is 11.1. The minimum Gasteiger partial charge on any atom is -0.469 e. The standard InChI is InChI=1S/C18H29NO4S/c1-7-19(15(4)14(2)3)24(21,22)16-8-11-18(5,12-9-16)13-10-17(20)23-6/h8-9,11H,7,10,12-13H2,1-6H3. The van der Waals surface area contributed by atoms with Crippen molar-refractivity contribution in [3.63, 3.8) is 0 Å². The topological polar surface area (TPSA) is 63.7 Å². The molecule has 1 atom stereocenters. The van der Waals surface area contributed by atoms with E-state index in [9.17, 15) is 13.2 Å². The fourth-order valence-corrected chi connectivity index (χ4v) is 4.26. The summed E-state index contributed by atoms with van der Waals surface area (Å²) in [5, 5.41) is 0. The number of carbonyl (C=O) groups is 1. The van der Waals surface area contributed by atoms with Gasteiger partial charge in [-0.1, -0.05) is 24.6 Å². The van der Waals surface area contributed by atoms with Crippen molar-refractivity contribution in [2.45, 2.75) is 53.9 Å². The van der Waals surface area contributed by atoms with Crippen LogP contribution in [0.2, 0.25) is 0 Å². The molecule has 6 heteroatoms. The monoisotopic (exact) mass is 355 g/mol. The number of methoxy groups -OCH3 is 1. The van der Waals surface area contributed by atoms with Crippen molar-refractivity contribution in [3.8, 4) is 0 Å². The molecule has 1 rings (SSSR count). The summed E-state index contributed by atoms with van der Waals surface area (Å²) in [4.78, 5) is 11.6. The van der Waals surface area contributed by atoms with Crippen LogP contribution in [-0.4, -0.2) is 32.3 Å². The van der Waals surface area contributed by atoms with Crippen LogP contribution < -0.4 is 0 Å². The van der Waals surface area contributed by atoms with Gasteiger partial charge in [0.05, 0.1) is 12.0 Å². The zero-order valence-corrected chi connectivity index (χ0v) is 16.4. The summed E-state index contributed by atoms with van der Waals surface area (Å²) in [5.41, 5.74) is 1.50. The normalized spacial score (nSPS) is 20.3. The third-order valence-corrected chi connectivity index (χ3v) is 6.53. The Morgan fingerprint density at radius 1 is 1.33 bits per heavy atom. The molecule has 1 aliphatic carbocycles. The maximum absolute atomic E-state index is 12.9. The highest BCUT2D eigenvalue weighted by molar-refractivity contribution is 7.93. The molecule has 0 bridgehead atoms. The molecule has 0 saturated carbocycles. The van der Waals surface area contributed by atoms with E-state index >= 15 is 0 Å². The van der Waals surface area contributed by atoms with Gasteiger partial charge in [-0.15, -0.1) is 0 Å². The first kappa shape index (κ1) is 20.5. The van der Waals surface area contributed by atoms with E-state index in [1.807, 2.05) is 40.7 Å². The summed E-state index contributed by atoms with van der Waals surface area (Å²) in [5.74, 6) is -0.247. The molecule has 1 unspecified atom stereocenters. The number of rotatable bonds is 7.